The predicted octanol–water partition coefficient (Wildman–Crippen LogP) is 1.71. The number of aromatic amines is 1. The van der Waals surface area contributed by atoms with E-state index in [1.165, 1.54) is 10.5 Å². The van der Waals surface area contributed by atoms with Crippen molar-refractivity contribution >= 4 is 23.0 Å². The van der Waals surface area contributed by atoms with Crippen molar-refractivity contribution in [1.29, 1.82) is 0 Å². The van der Waals surface area contributed by atoms with Crippen LogP contribution in [0.4, 0.5) is 5.69 Å². The van der Waals surface area contributed by atoms with Crippen molar-refractivity contribution in [2.75, 3.05) is 32.5 Å². The zero-order chi connectivity index (χ0) is 17.5. The Bertz CT molecular complexity index is 657. The number of likely N-dealkylation sites (N-methyl/N-ethyl adjacent to an activating group) is 1. The average molecular weight is 345 g/mol. The first-order valence-corrected chi connectivity index (χ1v) is 8.78. The number of hydrogen-bond acceptors (Lipinski definition) is 1. The molecule has 0 aliphatic rings. The number of pyridine rings is 1. The minimum absolute atomic E-state index is 0.176. The van der Waals surface area contributed by atoms with Gasteiger partial charge in [-0.25, -0.2) is 4.98 Å². The molecular weight excluding hydrogens is 316 g/mol. The molecule has 1 aromatic heterocycles. The van der Waals surface area contributed by atoms with Crippen LogP contribution in [0.5, 0.6) is 0 Å². The van der Waals surface area contributed by atoms with Gasteiger partial charge in [0.25, 0.3) is 0 Å². The van der Waals surface area contributed by atoms with Crippen molar-refractivity contribution in [3.8, 4) is 0 Å². The van der Waals surface area contributed by atoms with Crippen LogP contribution in [0.1, 0.15) is 24.2 Å². The lowest BCUT2D eigenvalue weighted by Gasteiger charge is -2.30. The Morgan fingerprint density at radius 2 is 1.92 bits per heavy atom. The highest BCUT2D eigenvalue weighted by Crippen LogP contribution is 2.19. The molecule has 0 bridgehead atoms. The number of hydrogen-bond donors (Lipinski definition) is 2. The summed E-state index contributed by atoms with van der Waals surface area (Å²) >= 11 is 5.74. The molecule has 0 aliphatic carbocycles. The van der Waals surface area contributed by atoms with Crippen LogP contribution in [0.25, 0.3) is 0 Å². The van der Waals surface area contributed by atoms with Crippen molar-refractivity contribution in [2.45, 2.75) is 19.9 Å². The monoisotopic (exact) mass is 344 g/mol. The van der Waals surface area contributed by atoms with Gasteiger partial charge in [0.1, 0.15) is 6.04 Å². The van der Waals surface area contributed by atoms with Crippen LogP contribution in [0, 0.1) is 6.92 Å². The largest absolute Gasteiger partial charge is 0.338 e. The van der Waals surface area contributed by atoms with Gasteiger partial charge >= 0.3 is 0 Å². The third-order valence-electron chi connectivity index (χ3n) is 4.15. The SMILES string of the molecule is Cc1ccccc1NC(=S)N(CC[NH+](C)C)C(C)c1cccc[nH+]1. The molecule has 0 radical (unpaired) electrons. The number of thiocarbonyl (C=S) groups is 1. The fourth-order valence-electron chi connectivity index (χ4n) is 2.55. The molecule has 2 aromatic rings. The number of aromatic nitrogens is 1. The predicted molar refractivity (Wildman–Crippen MR) is 103 cm³/mol. The van der Waals surface area contributed by atoms with E-state index in [0.29, 0.717) is 0 Å². The van der Waals surface area contributed by atoms with Gasteiger partial charge in [0.15, 0.2) is 11.3 Å². The summed E-state index contributed by atoms with van der Waals surface area (Å²) in [5.41, 5.74) is 3.41. The summed E-state index contributed by atoms with van der Waals surface area (Å²) in [6.07, 6.45) is 1.96. The maximum absolute atomic E-state index is 5.74. The van der Waals surface area contributed by atoms with Gasteiger partial charge in [0.05, 0.1) is 27.2 Å². The minimum Gasteiger partial charge on any atom is -0.338 e. The summed E-state index contributed by atoms with van der Waals surface area (Å²) in [4.78, 5) is 6.99. The van der Waals surface area contributed by atoms with Crippen molar-refractivity contribution in [1.82, 2.24) is 4.90 Å². The second-order valence-electron chi connectivity index (χ2n) is 6.39. The van der Waals surface area contributed by atoms with Crippen molar-refractivity contribution in [3.63, 3.8) is 0 Å². The number of benzene rings is 1. The Balaban J connectivity index is 2.18. The van der Waals surface area contributed by atoms with Crippen molar-refractivity contribution in [3.05, 3.63) is 59.9 Å². The maximum atomic E-state index is 5.74. The molecule has 1 aromatic carbocycles. The summed E-state index contributed by atoms with van der Waals surface area (Å²) in [6, 6.07) is 14.6. The number of nitrogens with zero attached hydrogens (tertiary/aromatic N) is 1. The number of quaternary nitrogens is 1. The van der Waals surface area contributed by atoms with Crippen LogP contribution in [-0.4, -0.2) is 37.2 Å². The molecule has 24 heavy (non-hydrogen) atoms. The van der Waals surface area contributed by atoms with E-state index in [1.54, 1.807) is 0 Å². The lowest BCUT2D eigenvalue weighted by molar-refractivity contribution is -0.857. The normalized spacial score (nSPS) is 12.0. The van der Waals surface area contributed by atoms with Crippen LogP contribution < -0.4 is 15.2 Å². The van der Waals surface area contributed by atoms with Crippen LogP contribution in [0.3, 0.4) is 0 Å². The van der Waals surface area contributed by atoms with E-state index in [1.807, 2.05) is 24.4 Å². The highest BCUT2D eigenvalue weighted by molar-refractivity contribution is 7.80. The Morgan fingerprint density at radius 1 is 1.21 bits per heavy atom. The van der Waals surface area contributed by atoms with Crippen LogP contribution >= 0.6 is 12.2 Å². The Labute approximate surface area is 150 Å². The summed E-state index contributed by atoms with van der Waals surface area (Å²) in [6.45, 7) is 6.19. The van der Waals surface area contributed by atoms with Crippen LogP contribution in [-0.2, 0) is 0 Å². The molecule has 2 rings (SSSR count). The lowest BCUT2D eigenvalue weighted by Crippen LogP contribution is -3.06. The zero-order valence-corrected chi connectivity index (χ0v) is 15.8. The van der Waals surface area contributed by atoms with Gasteiger partial charge in [-0.2, -0.15) is 0 Å². The van der Waals surface area contributed by atoms with Gasteiger partial charge in [0.2, 0.25) is 5.69 Å². The fourth-order valence-corrected chi connectivity index (χ4v) is 2.91. The smallest absolute Gasteiger partial charge is 0.202 e. The molecule has 4 nitrogen and oxygen atoms in total. The number of nitrogens with one attached hydrogen (secondary N) is 3. The minimum atomic E-state index is 0.176. The zero-order valence-electron chi connectivity index (χ0n) is 15.0. The highest BCUT2D eigenvalue weighted by Gasteiger charge is 2.23. The van der Waals surface area contributed by atoms with Crippen LogP contribution in [0.2, 0.25) is 0 Å². The van der Waals surface area contributed by atoms with Gasteiger partial charge in [-0.05, 0) is 37.7 Å². The molecule has 3 N–H and O–H groups in total. The second kappa shape index (κ2) is 8.76. The van der Waals surface area contributed by atoms with Gasteiger partial charge in [-0.15, -0.1) is 0 Å². The molecule has 0 amide bonds. The molecular formula is C19H28N4S+2. The second-order valence-corrected chi connectivity index (χ2v) is 6.78. The lowest BCUT2D eigenvalue weighted by atomic mass is 10.2. The first-order valence-electron chi connectivity index (χ1n) is 8.38. The number of anilines is 1. The van der Waals surface area contributed by atoms with Crippen LogP contribution in [0.15, 0.2) is 48.7 Å². The molecule has 0 saturated carbocycles. The molecule has 5 heteroatoms. The van der Waals surface area contributed by atoms with E-state index in [4.69, 9.17) is 12.2 Å². The molecule has 1 heterocycles. The van der Waals surface area contributed by atoms with E-state index >= 15 is 0 Å². The van der Waals surface area contributed by atoms with Crippen molar-refractivity contribution < 1.29 is 9.88 Å². The summed E-state index contributed by atoms with van der Waals surface area (Å²) in [5, 5.41) is 4.18. The molecule has 0 spiro atoms. The number of aryl methyl sites for hydroxylation is 1. The Morgan fingerprint density at radius 3 is 2.54 bits per heavy atom. The average Bonchev–Trinajstić information content (AvgIpc) is 2.57. The Kier molecular flexibility index (Phi) is 6.70. The highest BCUT2D eigenvalue weighted by atomic mass is 32.1. The number of rotatable bonds is 6. The first-order chi connectivity index (χ1) is 11.5. The summed E-state index contributed by atoms with van der Waals surface area (Å²) < 4.78 is 0. The summed E-state index contributed by atoms with van der Waals surface area (Å²) in [5.74, 6) is 0. The van der Waals surface area contributed by atoms with E-state index in [9.17, 15) is 0 Å². The van der Waals surface area contributed by atoms with E-state index in [0.717, 1.165) is 29.6 Å². The first kappa shape index (κ1) is 18.4. The third-order valence-corrected chi connectivity index (χ3v) is 4.49. The quantitative estimate of drug-likeness (QED) is 0.783. The van der Waals surface area contributed by atoms with Gasteiger partial charge in [-0.1, -0.05) is 24.3 Å². The molecule has 0 fully saturated rings. The van der Waals surface area contributed by atoms with E-state index in [-0.39, 0.29) is 6.04 Å². The summed E-state index contributed by atoms with van der Waals surface area (Å²) in [7, 11) is 4.32. The number of H-pyrrole nitrogens is 1. The van der Waals surface area contributed by atoms with Gasteiger partial charge in [0, 0.05) is 17.8 Å². The maximum Gasteiger partial charge on any atom is 0.202 e. The van der Waals surface area contributed by atoms with Crippen molar-refractivity contribution in [2.24, 2.45) is 0 Å². The van der Waals surface area contributed by atoms with E-state index in [2.05, 4.69) is 67.4 Å². The van der Waals surface area contributed by atoms with Gasteiger partial charge < -0.3 is 15.1 Å². The molecule has 0 saturated heterocycles. The molecule has 128 valence electrons. The molecule has 1 unspecified atom stereocenters. The Hall–Kier alpha value is -1.98. The topological polar surface area (TPSA) is 33.9 Å². The molecule has 1 atom stereocenters. The molecule has 0 aliphatic heterocycles. The standard InChI is InChI=1S/C19H26N4S/c1-15-9-5-6-10-17(15)21-19(24)23(14-13-22(3)4)16(2)18-11-7-8-12-20-18/h5-12,16H,13-14H2,1-4H3,(H,21,24)/p+2. The van der Waals surface area contributed by atoms with Gasteiger partial charge in [-0.3, -0.25) is 0 Å². The fraction of sp³-hybridized carbons (Fsp3) is 0.368. The van der Waals surface area contributed by atoms with E-state index < -0.39 is 0 Å². The number of para-hydroxylation sites is 1. The third kappa shape index (κ3) is 5.01.